The standard InChI is InChI=1S/C17H29N3S/c1-3-18-14-11-8-12-15-16(14)21-17(19-15)20(4-2)13-9-6-5-7-10-13/h13-14,18H,3-12H2,1-2H3. The number of fused-ring (bicyclic) bond motifs is 1. The molecule has 1 atom stereocenters. The number of hydrogen-bond acceptors (Lipinski definition) is 4. The summed E-state index contributed by atoms with van der Waals surface area (Å²) in [6.45, 7) is 6.65. The van der Waals surface area contributed by atoms with Crippen LogP contribution in [-0.4, -0.2) is 24.1 Å². The summed E-state index contributed by atoms with van der Waals surface area (Å²) in [5, 5.41) is 4.93. The first kappa shape index (κ1) is 15.3. The van der Waals surface area contributed by atoms with E-state index < -0.39 is 0 Å². The van der Waals surface area contributed by atoms with Crippen LogP contribution in [0.5, 0.6) is 0 Å². The lowest BCUT2D eigenvalue weighted by Crippen LogP contribution is -2.36. The minimum atomic E-state index is 0.551. The van der Waals surface area contributed by atoms with Crippen molar-refractivity contribution in [2.45, 2.75) is 77.3 Å². The predicted molar refractivity (Wildman–Crippen MR) is 91.4 cm³/mol. The Morgan fingerprint density at radius 2 is 1.95 bits per heavy atom. The maximum atomic E-state index is 5.03. The lowest BCUT2D eigenvalue weighted by molar-refractivity contribution is 0.417. The van der Waals surface area contributed by atoms with E-state index in [1.165, 1.54) is 67.1 Å². The summed E-state index contributed by atoms with van der Waals surface area (Å²) in [6, 6.07) is 1.28. The van der Waals surface area contributed by atoms with Crippen molar-refractivity contribution in [1.82, 2.24) is 10.3 Å². The first-order chi connectivity index (χ1) is 10.3. The molecule has 118 valence electrons. The molecule has 3 rings (SSSR count). The molecule has 2 aliphatic rings. The van der Waals surface area contributed by atoms with Gasteiger partial charge in [-0.05, 0) is 45.6 Å². The van der Waals surface area contributed by atoms with Crippen LogP contribution in [0.1, 0.15) is 75.4 Å². The highest BCUT2D eigenvalue weighted by atomic mass is 32.1. The SMILES string of the molecule is CCNC1CCCc2nc(N(CC)C3CCCCC3)sc21. The predicted octanol–water partition coefficient (Wildman–Crippen LogP) is 4.29. The number of hydrogen-bond donors (Lipinski definition) is 1. The van der Waals surface area contributed by atoms with Gasteiger partial charge in [-0.15, -0.1) is 0 Å². The Bertz CT molecular complexity index is 451. The van der Waals surface area contributed by atoms with Crippen LogP contribution in [0.15, 0.2) is 0 Å². The van der Waals surface area contributed by atoms with E-state index in [0.717, 1.165) is 19.1 Å². The zero-order chi connectivity index (χ0) is 14.7. The molecule has 1 unspecified atom stereocenters. The highest BCUT2D eigenvalue weighted by Crippen LogP contribution is 2.39. The minimum Gasteiger partial charge on any atom is -0.345 e. The summed E-state index contributed by atoms with van der Waals surface area (Å²) in [6.07, 6.45) is 10.7. The van der Waals surface area contributed by atoms with Gasteiger partial charge < -0.3 is 10.2 Å². The molecule has 1 heterocycles. The molecule has 1 aromatic heterocycles. The molecule has 0 spiro atoms. The highest BCUT2D eigenvalue weighted by molar-refractivity contribution is 7.15. The fraction of sp³-hybridized carbons (Fsp3) is 0.824. The van der Waals surface area contributed by atoms with Gasteiger partial charge in [-0.2, -0.15) is 0 Å². The van der Waals surface area contributed by atoms with E-state index in [1.807, 2.05) is 11.3 Å². The largest absolute Gasteiger partial charge is 0.345 e. The average molecular weight is 308 g/mol. The van der Waals surface area contributed by atoms with Crippen molar-refractivity contribution in [2.75, 3.05) is 18.0 Å². The Morgan fingerprint density at radius 3 is 2.67 bits per heavy atom. The van der Waals surface area contributed by atoms with E-state index in [9.17, 15) is 0 Å². The van der Waals surface area contributed by atoms with E-state index in [-0.39, 0.29) is 0 Å². The van der Waals surface area contributed by atoms with Crippen LogP contribution < -0.4 is 10.2 Å². The third-order valence-corrected chi connectivity index (χ3v) is 6.24. The lowest BCUT2D eigenvalue weighted by atomic mass is 9.94. The molecular weight excluding hydrogens is 278 g/mol. The Kier molecular flexibility index (Phi) is 5.17. The van der Waals surface area contributed by atoms with Crippen LogP contribution in [0.3, 0.4) is 0 Å². The lowest BCUT2D eigenvalue weighted by Gasteiger charge is -2.33. The van der Waals surface area contributed by atoms with Gasteiger partial charge in [-0.3, -0.25) is 0 Å². The van der Waals surface area contributed by atoms with Crippen molar-refractivity contribution < 1.29 is 0 Å². The van der Waals surface area contributed by atoms with Crippen LogP contribution in [-0.2, 0) is 6.42 Å². The maximum absolute atomic E-state index is 5.03. The molecule has 1 aromatic rings. The van der Waals surface area contributed by atoms with Gasteiger partial charge in [0.25, 0.3) is 0 Å². The Hall–Kier alpha value is -0.610. The molecule has 4 heteroatoms. The Labute approximate surface area is 133 Å². The van der Waals surface area contributed by atoms with Gasteiger partial charge in [0, 0.05) is 23.5 Å². The number of aryl methyl sites for hydroxylation is 1. The molecule has 0 radical (unpaired) electrons. The van der Waals surface area contributed by atoms with Crippen molar-refractivity contribution in [3.63, 3.8) is 0 Å². The van der Waals surface area contributed by atoms with Gasteiger partial charge in [0.1, 0.15) is 0 Å². The van der Waals surface area contributed by atoms with Gasteiger partial charge in [0.2, 0.25) is 0 Å². The molecule has 1 fully saturated rings. The number of thiazole rings is 1. The van der Waals surface area contributed by atoms with Crippen molar-refractivity contribution in [3.8, 4) is 0 Å². The van der Waals surface area contributed by atoms with Gasteiger partial charge in [-0.1, -0.05) is 37.5 Å². The van der Waals surface area contributed by atoms with Crippen LogP contribution in [0.4, 0.5) is 5.13 Å². The third-order valence-electron chi connectivity index (χ3n) is 4.99. The summed E-state index contributed by atoms with van der Waals surface area (Å²) in [5.74, 6) is 0. The zero-order valence-corrected chi connectivity index (χ0v) is 14.3. The number of nitrogens with one attached hydrogen (secondary N) is 1. The molecule has 0 aromatic carbocycles. The molecule has 0 saturated heterocycles. The molecule has 0 aliphatic heterocycles. The number of rotatable bonds is 5. The molecule has 21 heavy (non-hydrogen) atoms. The van der Waals surface area contributed by atoms with Crippen molar-refractivity contribution in [1.29, 1.82) is 0 Å². The molecule has 2 aliphatic carbocycles. The number of aromatic nitrogens is 1. The van der Waals surface area contributed by atoms with Crippen LogP contribution in [0.2, 0.25) is 0 Å². The van der Waals surface area contributed by atoms with Crippen molar-refractivity contribution >= 4 is 16.5 Å². The van der Waals surface area contributed by atoms with E-state index in [2.05, 4.69) is 24.1 Å². The zero-order valence-electron chi connectivity index (χ0n) is 13.5. The summed E-state index contributed by atoms with van der Waals surface area (Å²) in [5.41, 5.74) is 1.38. The molecular formula is C17H29N3S. The average Bonchev–Trinajstić information content (AvgIpc) is 2.94. The third kappa shape index (κ3) is 3.26. The summed E-state index contributed by atoms with van der Waals surface area (Å²) < 4.78 is 0. The molecule has 1 N–H and O–H groups in total. The minimum absolute atomic E-state index is 0.551. The first-order valence-electron chi connectivity index (χ1n) is 8.83. The van der Waals surface area contributed by atoms with Crippen molar-refractivity contribution in [3.05, 3.63) is 10.6 Å². The summed E-state index contributed by atoms with van der Waals surface area (Å²) in [7, 11) is 0. The van der Waals surface area contributed by atoms with Gasteiger partial charge in [0.05, 0.1) is 5.69 Å². The van der Waals surface area contributed by atoms with Crippen LogP contribution >= 0.6 is 11.3 Å². The number of anilines is 1. The fourth-order valence-electron chi connectivity index (χ4n) is 3.91. The topological polar surface area (TPSA) is 28.2 Å². The normalized spacial score (nSPS) is 23.0. The fourth-order valence-corrected chi connectivity index (χ4v) is 5.27. The summed E-state index contributed by atoms with van der Waals surface area (Å²) in [4.78, 5) is 9.14. The quantitative estimate of drug-likeness (QED) is 0.879. The monoisotopic (exact) mass is 307 g/mol. The molecule has 0 amide bonds. The smallest absolute Gasteiger partial charge is 0.186 e. The number of nitrogens with zero attached hydrogens (tertiary/aromatic N) is 2. The maximum Gasteiger partial charge on any atom is 0.186 e. The van der Waals surface area contributed by atoms with Crippen molar-refractivity contribution in [2.24, 2.45) is 0 Å². The van der Waals surface area contributed by atoms with Gasteiger partial charge >= 0.3 is 0 Å². The first-order valence-corrected chi connectivity index (χ1v) is 9.64. The highest BCUT2D eigenvalue weighted by Gasteiger charge is 2.28. The second-order valence-electron chi connectivity index (χ2n) is 6.39. The molecule has 3 nitrogen and oxygen atoms in total. The van der Waals surface area contributed by atoms with Gasteiger partial charge in [-0.25, -0.2) is 4.98 Å². The molecule has 1 saturated carbocycles. The van der Waals surface area contributed by atoms with E-state index in [4.69, 9.17) is 4.98 Å². The van der Waals surface area contributed by atoms with E-state index >= 15 is 0 Å². The van der Waals surface area contributed by atoms with E-state index in [1.54, 1.807) is 0 Å². The summed E-state index contributed by atoms with van der Waals surface area (Å²) >= 11 is 1.96. The van der Waals surface area contributed by atoms with Crippen LogP contribution in [0.25, 0.3) is 0 Å². The second kappa shape index (κ2) is 7.10. The van der Waals surface area contributed by atoms with Crippen LogP contribution in [0, 0.1) is 0 Å². The Morgan fingerprint density at radius 1 is 1.14 bits per heavy atom. The van der Waals surface area contributed by atoms with Gasteiger partial charge in [0.15, 0.2) is 5.13 Å². The second-order valence-corrected chi connectivity index (χ2v) is 7.40. The molecule has 0 bridgehead atoms. The van der Waals surface area contributed by atoms with E-state index in [0.29, 0.717) is 6.04 Å². The Balaban J connectivity index is 1.81.